The summed E-state index contributed by atoms with van der Waals surface area (Å²) in [6.45, 7) is 6.10. The van der Waals surface area contributed by atoms with Crippen LogP contribution in [0.1, 0.15) is 53.8 Å². The summed E-state index contributed by atoms with van der Waals surface area (Å²) < 4.78 is 11.3. The van der Waals surface area contributed by atoms with Crippen molar-refractivity contribution in [3.63, 3.8) is 0 Å². The van der Waals surface area contributed by atoms with Crippen LogP contribution >= 0.6 is 12.2 Å². The van der Waals surface area contributed by atoms with Crippen molar-refractivity contribution in [1.82, 2.24) is 10.6 Å². The first-order chi connectivity index (χ1) is 15.9. The first-order valence-electron chi connectivity index (χ1n) is 11.3. The monoisotopic (exact) mass is 469 g/mol. The highest BCUT2D eigenvalue weighted by Gasteiger charge is 2.17. The van der Waals surface area contributed by atoms with Crippen molar-refractivity contribution in [3.05, 3.63) is 59.7 Å². The number of nitrogens with one attached hydrogen (secondary N) is 3. The van der Waals surface area contributed by atoms with Crippen LogP contribution in [0.2, 0.25) is 0 Å². The fraction of sp³-hybridized carbons (Fsp3) is 0.400. The molecule has 0 spiro atoms. The van der Waals surface area contributed by atoms with Crippen LogP contribution in [0.4, 0.5) is 5.69 Å². The van der Waals surface area contributed by atoms with E-state index in [0.29, 0.717) is 41.6 Å². The van der Waals surface area contributed by atoms with Crippen molar-refractivity contribution >= 4 is 34.8 Å². The quantitative estimate of drug-likeness (QED) is 0.478. The zero-order valence-corrected chi connectivity index (χ0v) is 19.9. The molecular formula is C25H31N3O4S. The normalized spacial score (nSPS) is 15.2. The van der Waals surface area contributed by atoms with Gasteiger partial charge in [-0.05, 0) is 73.8 Å². The summed E-state index contributed by atoms with van der Waals surface area (Å²) in [6.07, 6.45) is 3.01. The molecule has 1 aliphatic heterocycles. The van der Waals surface area contributed by atoms with Gasteiger partial charge in [0.25, 0.3) is 11.8 Å². The van der Waals surface area contributed by atoms with Crippen LogP contribution < -0.4 is 20.7 Å². The van der Waals surface area contributed by atoms with Crippen LogP contribution in [-0.2, 0) is 4.74 Å². The van der Waals surface area contributed by atoms with Gasteiger partial charge in [-0.3, -0.25) is 14.9 Å². The Hall–Kier alpha value is -2.97. The highest BCUT2D eigenvalue weighted by Crippen LogP contribution is 2.15. The van der Waals surface area contributed by atoms with Gasteiger partial charge in [0.2, 0.25) is 0 Å². The fourth-order valence-electron chi connectivity index (χ4n) is 3.33. The number of rotatable bonds is 9. The van der Waals surface area contributed by atoms with Gasteiger partial charge in [0, 0.05) is 30.0 Å². The summed E-state index contributed by atoms with van der Waals surface area (Å²) in [5.41, 5.74) is 1.55. The second kappa shape index (κ2) is 12.3. The highest BCUT2D eigenvalue weighted by molar-refractivity contribution is 7.80. The van der Waals surface area contributed by atoms with E-state index in [1.54, 1.807) is 42.5 Å². The zero-order valence-electron chi connectivity index (χ0n) is 19.1. The van der Waals surface area contributed by atoms with Gasteiger partial charge in [-0.2, -0.15) is 0 Å². The third-order valence-electron chi connectivity index (χ3n) is 5.18. The van der Waals surface area contributed by atoms with Crippen LogP contribution in [0.15, 0.2) is 48.5 Å². The largest absolute Gasteiger partial charge is 0.494 e. The van der Waals surface area contributed by atoms with Crippen molar-refractivity contribution in [1.29, 1.82) is 0 Å². The number of carbonyl (C=O) groups excluding carboxylic acids is 2. The van der Waals surface area contributed by atoms with E-state index in [0.717, 1.165) is 25.9 Å². The maximum atomic E-state index is 12.6. The first kappa shape index (κ1) is 24.7. The van der Waals surface area contributed by atoms with Crippen molar-refractivity contribution in [2.45, 2.75) is 39.2 Å². The van der Waals surface area contributed by atoms with Crippen LogP contribution in [0.5, 0.6) is 5.75 Å². The molecule has 2 aromatic rings. The number of ether oxygens (including phenoxy) is 2. The molecule has 0 radical (unpaired) electrons. The molecule has 1 unspecified atom stereocenters. The van der Waals surface area contributed by atoms with Gasteiger partial charge in [-0.15, -0.1) is 0 Å². The summed E-state index contributed by atoms with van der Waals surface area (Å²) in [7, 11) is 0. The van der Waals surface area contributed by atoms with Gasteiger partial charge >= 0.3 is 0 Å². The minimum absolute atomic E-state index is 0.0807. The molecule has 176 valence electrons. The van der Waals surface area contributed by atoms with E-state index in [4.69, 9.17) is 21.7 Å². The standard InChI is InChI=1S/C25H31N3O4S/c1-17(2)11-13-32-21-9-4-7-19(15-21)24(30)28-25(33)27-20-8-3-6-18(14-20)23(29)26-16-22-10-5-12-31-22/h3-4,6-9,14-15,17,22H,5,10-13,16H2,1-2H3,(H,26,29)(H2,27,28,30,33). The SMILES string of the molecule is CC(C)CCOc1cccc(C(=O)NC(=S)Nc2cccc(C(=O)NCC3CCCO3)c2)c1. The van der Waals surface area contributed by atoms with Crippen LogP contribution in [-0.4, -0.2) is 42.8 Å². The maximum absolute atomic E-state index is 12.6. The van der Waals surface area contributed by atoms with E-state index < -0.39 is 0 Å². The first-order valence-corrected chi connectivity index (χ1v) is 11.7. The third kappa shape index (κ3) is 8.14. The summed E-state index contributed by atoms with van der Waals surface area (Å²) in [4.78, 5) is 25.0. The predicted octanol–water partition coefficient (Wildman–Crippen LogP) is 4.15. The Kier molecular flexibility index (Phi) is 9.21. The van der Waals surface area contributed by atoms with Crippen LogP contribution in [0.3, 0.4) is 0 Å². The summed E-state index contributed by atoms with van der Waals surface area (Å²) >= 11 is 5.29. The average Bonchev–Trinajstić information content (AvgIpc) is 3.31. The van der Waals surface area contributed by atoms with Crippen LogP contribution in [0.25, 0.3) is 0 Å². The number of carbonyl (C=O) groups is 2. The van der Waals surface area contributed by atoms with Crippen molar-refractivity contribution in [2.24, 2.45) is 5.92 Å². The summed E-state index contributed by atoms with van der Waals surface area (Å²) in [5.74, 6) is 0.667. The molecule has 1 fully saturated rings. The molecule has 8 heteroatoms. The van der Waals surface area contributed by atoms with E-state index >= 15 is 0 Å². The Balaban J connectivity index is 1.51. The second-order valence-electron chi connectivity index (χ2n) is 8.39. The number of anilines is 1. The number of amides is 2. The Morgan fingerprint density at radius 3 is 2.61 bits per heavy atom. The summed E-state index contributed by atoms with van der Waals surface area (Å²) in [5, 5.41) is 8.66. The average molecular weight is 470 g/mol. The molecule has 1 atom stereocenters. The van der Waals surface area contributed by atoms with E-state index in [1.165, 1.54) is 0 Å². The lowest BCUT2D eigenvalue weighted by atomic mass is 10.1. The minimum Gasteiger partial charge on any atom is -0.494 e. The van der Waals surface area contributed by atoms with Crippen molar-refractivity contribution in [2.75, 3.05) is 25.1 Å². The maximum Gasteiger partial charge on any atom is 0.257 e. The molecule has 1 heterocycles. The molecule has 0 aromatic heterocycles. The van der Waals surface area contributed by atoms with Gasteiger partial charge in [0.1, 0.15) is 5.75 Å². The highest BCUT2D eigenvalue weighted by atomic mass is 32.1. The molecule has 1 saturated heterocycles. The van der Waals surface area contributed by atoms with Gasteiger partial charge < -0.3 is 20.1 Å². The molecular weight excluding hydrogens is 438 g/mol. The Morgan fingerprint density at radius 2 is 1.88 bits per heavy atom. The van der Waals surface area contributed by atoms with Crippen LogP contribution in [0, 0.1) is 5.92 Å². The Labute approximate surface area is 200 Å². The van der Waals surface area contributed by atoms with Gasteiger partial charge in [-0.25, -0.2) is 0 Å². The minimum atomic E-state index is -0.340. The lowest BCUT2D eigenvalue weighted by Gasteiger charge is -2.13. The zero-order chi connectivity index (χ0) is 23.6. The number of hydrogen-bond donors (Lipinski definition) is 3. The molecule has 7 nitrogen and oxygen atoms in total. The lowest BCUT2D eigenvalue weighted by molar-refractivity contribution is 0.0857. The van der Waals surface area contributed by atoms with E-state index in [-0.39, 0.29) is 23.0 Å². The van der Waals surface area contributed by atoms with E-state index in [2.05, 4.69) is 29.8 Å². The molecule has 33 heavy (non-hydrogen) atoms. The number of hydrogen-bond acceptors (Lipinski definition) is 5. The molecule has 3 N–H and O–H groups in total. The molecule has 2 aromatic carbocycles. The number of benzene rings is 2. The fourth-order valence-corrected chi connectivity index (χ4v) is 3.54. The number of thiocarbonyl (C=S) groups is 1. The molecule has 0 aliphatic carbocycles. The van der Waals surface area contributed by atoms with E-state index in [1.807, 2.05) is 6.07 Å². The Bertz CT molecular complexity index is 974. The second-order valence-corrected chi connectivity index (χ2v) is 8.80. The summed E-state index contributed by atoms with van der Waals surface area (Å²) in [6, 6.07) is 13.9. The predicted molar refractivity (Wildman–Crippen MR) is 133 cm³/mol. The molecule has 1 aliphatic rings. The van der Waals surface area contributed by atoms with Gasteiger partial charge in [0.15, 0.2) is 5.11 Å². The lowest BCUT2D eigenvalue weighted by Crippen LogP contribution is -2.34. The Morgan fingerprint density at radius 1 is 1.12 bits per heavy atom. The molecule has 0 bridgehead atoms. The topological polar surface area (TPSA) is 88.7 Å². The van der Waals surface area contributed by atoms with Gasteiger partial charge in [0.05, 0.1) is 12.7 Å². The van der Waals surface area contributed by atoms with Crippen molar-refractivity contribution < 1.29 is 19.1 Å². The smallest absolute Gasteiger partial charge is 0.257 e. The van der Waals surface area contributed by atoms with Crippen molar-refractivity contribution in [3.8, 4) is 5.75 Å². The molecule has 2 amide bonds. The molecule has 3 rings (SSSR count). The molecule has 0 saturated carbocycles. The third-order valence-corrected chi connectivity index (χ3v) is 5.39. The van der Waals surface area contributed by atoms with Gasteiger partial charge in [-0.1, -0.05) is 26.0 Å². The van der Waals surface area contributed by atoms with E-state index in [9.17, 15) is 9.59 Å².